The summed E-state index contributed by atoms with van der Waals surface area (Å²) in [5.41, 5.74) is 3.38. The summed E-state index contributed by atoms with van der Waals surface area (Å²) in [5, 5.41) is 6.90. The van der Waals surface area contributed by atoms with Crippen molar-refractivity contribution in [1.29, 1.82) is 0 Å². The van der Waals surface area contributed by atoms with Crippen LogP contribution in [0.1, 0.15) is 37.3 Å². The van der Waals surface area contributed by atoms with Gasteiger partial charge in [0.15, 0.2) is 0 Å². The Morgan fingerprint density at radius 2 is 2.26 bits per heavy atom. The van der Waals surface area contributed by atoms with Crippen molar-refractivity contribution in [2.45, 2.75) is 38.3 Å². The highest BCUT2D eigenvalue weighted by molar-refractivity contribution is 7.03. The minimum atomic E-state index is -0.268. The third-order valence-corrected chi connectivity index (χ3v) is 5.67. The number of aromatic nitrogens is 5. The quantitative estimate of drug-likeness (QED) is 0.537. The number of imidazole rings is 1. The zero-order valence-corrected chi connectivity index (χ0v) is 15.6. The Morgan fingerprint density at radius 3 is 3.07 bits per heavy atom. The fraction of sp³-hybridized carbons (Fsp3) is 0.368. The van der Waals surface area contributed by atoms with Crippen molar-refractivity contribution in [3.05, 3.63) is 47.1 Å². The second-order valence-electron chi connectivity index (χ2n) is 6.98. The summed E-state index contributed by atoms with van der Waals surface area (Å²) in [6, 6.07) is 4.96. The summed E-state index contributed by atoms with van der Waals surface area (Å²) in [6.07, 6.45) is 4.34. The molecule has 0 radical (unpaired) electrons. The first-order valence-corrected chi connectivity index (χ1v) is 9.85. The maximum atomic E-state index is 14.0. The van der Waals surface area contributed by atoms with Crippen LogP contribution in [0.15, 0.2) is 29.8 Å². The summed E-state index contributed by atoms with van der Waals surface area (Å²) >= 11 is 1.33. The van der Waals surface area contributed by atoms with Crippen molar-refractivity contribution < 1.29 is 9.13 Å². The van der Waals surface area contributed by atoms with Gasteiger partial charge in [-0.2, -0.15) is 0 Å². The lowest BCUT2D eigenvalue weighted by atomic mass is 10.0. The monoisotopic (exact) mass is 383 g/mol. The van der Waals surface area contributed by atoms with E-state index < -0.39 is 0 Å². The standard InChI is InChI=1S/C19H18FN5OS/c1-11-6-14(4-5-26-11)25-18(8-13-10-27-24-23-13)22-17-9-21-16-3-2-12(20)7-15(16)19(17)25/h2-3,7,9-11,14H,4-6,8H2,1H3/t11-,14-/m1/s1. The van der Waals surface area contributed by atoms with Gasteiger partial charge >= 0.3 is 0 Å². The van der Waals surface area contributed by atoms with Crippen molar-refractivity contribution in [1.82, 2.24) is 24.1 Å². The molecule has 4 aromatic rings. The molecule has 5 rings (SSSR count). The largest absolute Gasteiger partial charge is 0.378 e. The Balaban J connectivity index is 1.76. The summed E-state index contributed by atoms with van der Waals surface area (Å²) in [5.74, 6) is 0.644. The van der Waals surface area contributed by atoms with Crippen molar-refractivity contribution >= 4 is 33.5 Å². The van der Waals surface area contributed by atoms with Crippen LogP contribution in [-0.2, 0) is 11.2 Å². The summed E-state index contributed by atoms with van der Waals surface area (Å²) in [6.45, 7) is 2.80. The number of hydrogen-bond acceptors (Lipinski definition) is 6. The van der Waals surface area contributed by atoms with Crippen molar-refractivity contribution in [3.63, 3.8) is 0 Å². The van der Waals surface area contributed by atoms with Crippen LogP contribution in [0.3, 0.4) is 0 Å². The molecular weight excluding hydrogens is 365 g/mol. The second-order valence-corrected chi connectivity index (χ2v) is 7.59. The molecule has 1 fully saturated rings. The van der Waals surface area contributed by atoms with E-state index in [1.165, 1.54) is 17.6 Å². The van der Waals surface area contributed by atoms with Gasteiger partial charge in [0.05, 0.1) is 35.4 Å². The van der Waals surface area contributed by atoms with Crippen molar-refractivity contribution in [3.8, 4) is 0 Å². The molecule has 1 saturated heterocycles. The molecule has 1 aliphatic rings. The lowest BCUT2D eigenvalue weighted by molar-refractivity contribution is 0.00631. The first-order chi connectivity index (χ1) is 13.2. The molecule has 0 N–H and O–H groups in total. The minimum absolute atomic E-state index is 0.180. The average molecular weight is 383 g/mol. The first-order valence-electron chi connectivity index (χ1n) is 9.01. The molecule has 4 heterocycles. The van der Waals surface area contributed by atoms with Crippen LogP contribution in [-0.4, -0.2) is 36.8 Å². The van der Waals surface area contributed by atoms with Crippen LogP contribution in [0.25, 0.3) is 21.9 Å². The van der Waals surface area contributed by atoms with Gasteiger partial charge in [0.2, 0.25) is 0 Å². The molecule has 0 spiro atoms. The van der Waals surface area contributed by atoms with Crippen molar-refractivity contribution in [2.24, 2.45) is 0 Å². The summed E-state index contributed by atoms with van der Waals surface area (Å²) < 4.78 is 26.0. The predicted molar refractivity (Wildman–Crippen MR) is 101 cm³/mol. The Labute approximate surface area is 159 Å². The second kappa shape index (κ2) is 6.61. The lowest BCUT2D eigenvalue weighted by Gasteiger charge is -2.30. The van der Waals surface area contributed by atoms with E-state index in [4.69, 9.17) is 9.72 Å². The van der Waals surface area contributed by atoms with Gasteiger partial charge in [-0.25, -0.2) is 9.37 Å². The normalized spacial score (nSPS) is 20.5. The third-order valence-electron chi connectivity index (χ3n) is 5.12. The fourth-order valence-corrected chi connectivity index (χ4v) is 4.40. The molecule has 0 bridgehead atoms. The number of pyridine rings is 1. The molecule has 8 heteroatoms. The molecular formula is C19H18FN5OS. The molecule has 1 aliphatic heterocycles. The zero-order valence-electron chi connectivity index (χ0n) is 14.8. The van der Waals surface area contributed by atoms with Gasteiger partial charge < -0.3 is 9.30 Å². The minimum Gasteiger partial charge on any atom is -0.378 e. The number of rotatable bonds is 3. The van der Waals surface area contributed by atoms with Gasteiger partial charge in [0, 0.05) is 23.4 Å². The number of ether oxygens (including phenoxy) is 1. The topological polar surface area (TPSA) is 65.7 Å². The van der Waals surface area contributed by atoms with Crippen LogP contribution >= 0.6 is 11.5 Å². The van der Waals surface area contributed by atoms with Crippen LogP contribution in [0.4, 0.5) is 4.39 Å². The Morgan fingerprint density at radius 1 is 1.33 bits per heavy atom. The van der Waals surface area contributed by atoms with Gasteiger partial charge in [0.1, 0.15) is 17.2 Å². The molecule has 27 heavy (non-hydrogen) atoms. The molecule has 0 aliphatic carbocycles. The molecule has 1 aromatic carbocycles. The molecule has 6 nitrogen and oxygen atoms in total. The number of nitrogens with zero attached hydrogens (tertiary/aromatic N) is 5. The number of fused-ring (bicyclic) bond motifs is 3. The van der Waals surface area contributed by atoms with Gasteiger partial charge in [0.25, 0.3) is 0 Å². The highest BCUT2D eigenvalue weighted by atomic mass is 32.1. The van der Waals surface area contributed by atoms with E-state index in [2.05, 4.69) is 26.1 Å². The first kappa shape index (κ1) is 16.7. The van der Waals surface area contributed by atoms with Gasteiger partial charge in [-0.3, -0.25) is 4.98 Å². The van der Waals surface area contributed by atoms with Gasteiger partial charge in [-0.05, 0) is 49.5 Å². The zero-order chi connectivity index (χ0) is 18.4. The highest BCUT2D eigenvalue weighted by Crippen LogP contribution is 2.34. The maximum absolute atomic E-state index is 14.0. The van der Waals surface area contributed by atoms with E-state index in [-0.39, 0.29) is 18.0 Å². The van der Waals surface area contributed by atoms with E-state index in [9.17, 15) is 4.39 Å². The molecule has 0 saturated carbocycles. The maximum Gasteiger partial charge on any atom is 0.124 e. The Kier molecular flexibility index (Phi) is 4.09. The van der Waals surface area contributed by atoms with E-state index in [0.29, 0.717) is 13.0 Å². The molecule has 2 atom stereocenters. The molecule has 0 amide bonds. The Bertz CT molecular complexity index is 1110. The van der Waals surface area contributed by atoms with E-state index in [0.717, 1.165) is 46.3 Å². The number of benzene rings is 1. The SMILES string of the molecule is C[C@@H]1C[C@H](n2c(Cc3csnn3)nc3cnc4ccc(F)cc4c32)CCO1. The van der Waals surface area contributed by atoms with E-state index in [1.807, 2.05) is 5.38 Å². The van der Waals surface area contributed by atoms with Gasteiger partial charge in [-0.1, -0.05) is 4.49 Å². The average Bonchev–Trinajstić information content (AvgIpc) is 3.29. The van der Waals surface area contributed by atoms with Crippen LogP contribution < -0.4 is 0 Å². The van der Waals surface area contributed by atoms with E-state index >= 15 is 0 Å². The van der Waals surface area contributed by atoms with Gasteiger partial charge in [-0.15, -0.1) is 5.10 Å². The molecule has 138 valence electrons. The van der Waals surface area contributed by atoms with E-state index in [1.54, 1.807) is 18.3 Å². The third kappa shape index (κ3) is 2.98. The van der Waals surface area contributed by atoms with Crippen LogP contribution in [0.2, 0.25) is 0 Å². The van der Waals surface area contributed by atoms with Crippen LogP contribution in [0, 0.1) is 5.82 Å². The lowest BCUT2D eigenvalue weighted by Crippen LogP contribution is -2.26. The smallest absolute Gasteiger partial charge is 0.124 e. The fourth-order valence-electron chi connectivity index (χ4n) is 3.95. The van der Waals surface area contributed by atoms with Crippen molar-refractivity contribution in [2.75, 3.05) is 6.61 Å². The highest BCUT2D eigenvalue weighted by Gasteiger charge is 2.26. The predicted octanol–water partition coefficient (Wildman–Crippen LogP) is 3.91. The number of hydrogen-bond donors (Lipinski definition) is 0. The number of halogens is 1. The van der Waals surface area contributed by atoms with Crippen LogP contribution in [0.5, 0.6) is 0 Å². The molecule has 3 aromatic heterocycles. The summed E-state index contributed by atoms with van der Waals surface area (Å²) in [7, 11) is 0. The Hall–Kier alpha value is -2.45. The molecule has 0 unspecified atom stereocenters. The summed E-state index contributed by atoms with van der Waals surface area (Å²) in [4.78, 5) is 9.31.